The lowest BCUT2D eigenvalue weighted by Crippen LogP contribution is -2.49. The van der Waals surface area contributed by atoms with Crippen LogP contribution in [0, 0.1) is 11.3 Å². The first-order valence-electron chi connectivity index (χ1n) is 9.38. The summed E-state index contributed by atoms with van der Waals surface area (Å²) in [5.74, 6) is 0.407. The Morgan fingerprint density at radius 2 is 1.75 bits per heavy atom. The van der Waals surface area contributed by atoms with Crippen molar-refractivity contribution in [2.75, 3.05) is 13.1 Å². The van der Waals surface area contributed by atoms with Gasteiger partial charge in [-0.3, -0.25) is 9.59 Å². The van der Waals surface area contributed by atoms with E-state index in [2.05, 4.69) is 5.32 Å². The van der Waals surface area contributed by atoms with Gasteiger partial charge in [0.25, 0.3) is 11.8 Å². The molecule has 3 rings (SSSR count). The lowest BCUT2D eigenvalue weighted by molar-refractivity contribution is -0.139. The number of nitrogens with zero attached hydrogens (tertiary/aromatic N) is 2. The minimum Gasteiger partial charge on any atom is -0.481 e. The standard InChI is InChI=1S/C22H23N3O3/c1-16(28-20-9-7-17(15-23)8-10-20)22(27)25-13-11-19(12-14-25)24-21(26)18-5-3-2-4-6-18/h2-10,16,19H,11-14H2,1H3,(H,24,26)/t16-/m1/s1. The molecular weight excluding hydrogens is 354 g/mol. The number of nitrogens with one attached hydrogen (secondary N) is 1. The minimum atomic E-state index is -0.608. The number of hydrogen-bond donors (Lipinski definition) is 1. The van der Waals surface area contributed by atoms with E-state index in [4.69, 9.17) is 10.00 Å². The first-order chi connectivity index (χ1) is 13.6. The average Bonchev–Trinajstić information content (AvgIpc) is 2.75. The maximum atomic E-state index is 12.6. The molecule has 1 aliphatic rings. The Labute approximate surface area is 164 Å². The second kappa shape index (κ2) is 9.05. The molecule has 1 aliphatic heterocycles. The molecule has 0 aliphatic carbocycles. The molecule has 1 saturated heterocycles. The highest BCUT2D eigenvalue weighted by atomic mass is 16.5. The van der Waals surface area contributed by atoms with Crippen LogP contribution >= 0.6 is 0 Å². The smallest absolute Gasteiger partial charge is 0.263 e. The van der Waals surface area contributed by atoms with Crippen LogP contribution in [-0.4, -0.2) is 41.9 Å². The quantitative estimate of drug-likeness (QED) is 0.869. The van der Waals surface area contributed by atoms with Gasteiger partial charge in [0.2, 0.25) is 0 Å². The van der Waals surface area contributed by atoms with Crippen LogP contribution in [-0.2, 0) is 4.79 Å². The molecule has 0 saturated carbocycles. The zero-order valence-electron chi connectivity index (χ0n) is 15.8. The van der Waals surface area contributed by atoms with Gasteiger partial charge < -0.3 is 15.0 Å². The second-order valence-electron chi connectivity index (χ2n) is 6.84. The third-order valence-electron chi connectivity index (χ3n) is 4.82. The van der Waals surface area contributed by atoms with Gasteiger partial charge in [-0.1, -0.05) is 18.2 Å². The topological polar surface area (TPSA) is 82.4 Å². The van der Waals surface area contributed by atoms with Gasteiger partial charge >= 0.3 is 0 Å². The van der Waals surface area contributed by atoms with Crippen LogP contribution in [0.15, 0.2) is 54.6 Å². The molecule has 0 aromatic heterocycles. The van der Waals surface area contributed by atoms with E-state index >= 15 is 0 Å². The molecule has 28 heavy (non-hydrogen) atoms. The van der Waals surface area contributed by atoms with Crippen molar-refractivity contribution in [3.8, 4) is 11.8 Å². The predicted molar refractivity (Wildman–Crippen MR) is 105 cm³/mol. The summed E-state index contributed by atoms with van der Waals surface area (Å²) < 4.78 is 5.71. The number of benzene rings is 2. The molecule has 0 unspecified atom stereocenters. The van der Waals surface area contributed by atoms with E-state index in [1.165, 1.54) is 0 Å². The summed E-state index contributed by atoms with van der Waals surface area (Å²) in [6.45, 7) is 2.89. The highest BCUT2D eigenvalue weighted by Crippen LogP contribution is 2.17. The average molecular weight is 377 g/mol. The van der Waals surface area contributed by atoms with Gasteiger partial charge in [0.15, 0.2) is 6.10 Å². The highest BCUT2D eigenvalue weighted by Gasteiger charge is 2.27. The Kier molecular flexibility index (Phi) is 6.28. The SMILES string of the molecule is C[C@@H](Oc1ccc(C#N)cc1)C(=O)N1CCC(NC(=O)c2ccccc2)CC1. The number of amides is 2. The zero-order valence-corrected chi connectivity index (χ0v) is 15.8. The number of likely N-dealkylation sites (tertiary alicyclic amines) is 1. The van der Waals surface area contributed by atoms with Crippen molar-refractivity contribution in [2.24, 2.45) is 0 Å². The van der Waals surface area contributed by atoms with Gasteiger partial charge in [-0.15, -0.1) is 0 Å². The van der Waals surface area contributed by atoms with Crippen LogP contribution in [0.25, 0.3) is 0 Å². The van der Waals surface area contributed by atoms with E-state index < -0.39 is 6.10 Å². The molecule has 1 N–H and O–H groups in total. The van der Waals surface area contributed by atoms with Crippen LogP contribution in [0.3, 0.4) is 0 Å². The van der Waals surface area contributed by atoms with Crippen LogP contribution in [0.1, 0.15) is 35.7 Å². The lowest BCUT2D eigenvalue weighted by atomic mass is 10.0. The molecular formula is C22H23N3O3. The summed E-state index contributed by atoms with van der Waals surface area (Å²) in [5.41, 5.74) is 1.19. The van der Waals surface area contributed by atoms with Crippen molar-refractivity contribution < 1.29 is 14.3 Å². The summed E-state index contributed by atoms with van der Waals surface area (Å²) in [6.07, 6.45) is 0.824. The van der Waals surface area contributed by atoms with Crippen molar-refractivity contribution in [1.29, 1.82) is 5.26 Å². The number of piperidine rings is 1. The second-order valence-corrected chi connectivity index (χ2v) is 6.84. The number of rotatable bonds is 5. The monoisotopic (exact) mass is 377 g/mol. The molecule has 0 spiro atoms. The largest absolute Gasteiger partial charge is 0.481 e. The van der Waals surface area contributed by atoms with E-state index in [0.29, 0.717) is 42.8 Å². The molecule has 6 heteroatoms. The number of hydrogen-bond acceptors (Lipinski definition) is 4. The van der Waals surface area contributed by atoms with E-state index in [-0.39, 0.29) is 17.9 Å². The van der Waals surface area contributed by atoms with E-state index in [0.717, 1.165) is 0 Å². The molecule has 6 nitrogen and oxygen atoms in total. The number of carbonyl (C=O) groups is 2. The summed E-state index contributed by atoms with van der Waals surface area (Å²) in [6, 6.07) is 17.9. The Morgan fingerprint density at radius 1 is 1.11 bits per heavy atom. The molecule has 0 bridgehead atoms. The summed E-state index contributed by atoms with van der Waals surface area (Å²) in [4.78, 5) is 26.7. The van der Waals surface area contributed by atoms with Gasteiger partial charge in [0, 0.05) is 24.7 Å². The fourth-order valence-corrected chi connectivity index (χ4v) is 3.22. The zero-order chi connectivity index (χ0) is 19.9. The van der Waals surface area contributed by atoms with Gasteiger partial charge in [-0.2, -0.15) is 5.26 Å². The maximum absolute atomic E-state index is 12.6. The number of ether oxygens (including phenoxy) is 1. The van der Waals surface area contributed by atoms with E-state index in [1.807, 2.05) is 24.3 Å². The Hall–Kier alpha value is -3.33. The minimum absolute atomic E-state index is 0.0616. The van der Waals surface area contributed by atoms with Crippen LogP contribution < -0.4 is 10.1 Å². The Bertz CT molecular complexity index is 851. The van der Waals surface area contributed by atoms with Gasteiger partial charge in [-0.25, -0.2) is 0 Å². The lowest BCUT2D eigenvalue weighted by Gasteiger charge is -2.33. The molecule has 1 heterocycles. The molecule has 1 fully saturated rings. The summed E-state index contributed by atoms with van der Waals surface area (Å²) in [7, 11) is 0. The van der Waals surface area contributed by atoms with Crippen molar-refractivity contribution in [3.05, 3.63) is 65.7 Å². The van der Waals surface area contributed by atoms with Crippen molar-refractivity contribution >= 4 is 11.8 Å². The van der Waals surface area contributed by atoms with Crippen molar-refractivity contribution in [1.82, 2.24) is 10.2 Å². The number of nitriles is 1. The number of carbonyl (C=O) groups excluding carboxylic acids is 2. The third-order valence-corrected chi connectivity index (χ3v) is 4.82. The molecule has 2 aromatic carbocycles. The predicted octanol–water partition coefficient (Wildman–Crippen LogP) is 2.75. The molecule has 2 amide bonds. The normalized spacial score (nSPS) is 15.4. The molecule has 1 atom stereocenters. The van der Waals surface area contributed by atoms with Gasteiger partial charge in [0.1, 0.15) is 5.75 Å². The van der Waals surface area contributed by atoms with Crippen molar-refractivity contribution in [3.63, 3.8) is 0 Å². The van der Waals surface area contributed by atoms with Gasteiger partial charge in [0.05, 0.1) is 11.6 Å². The molecule has 144 valence electrons. The molecule has 0 radical (unpaired) electrons. The molecule has 2 aromatic rings. The van der Waals surface area contributed by atoms with E-state index in [9.17, 15) is 9.59 Å². The highest BCUT2D eigenvalue weighted by molar-refractivity contribution is 5.94. The van der Waals surface area contributed by atoms with Crippen LogP contribution in [0.5, 0.6) is 5.75 Å². The van der Waals surface area contributed by atoms with Gasteiger partial charge in [-0.05, 0) is 56.2 Å². The summed E-state index contributed by atoms with van der Waals surface area (Å²) in [5, 5.41) is 11.9. The third kappa shape index (κ3) is 4.89. The first kappa shape index (κ1) is 19.4. The first-order valence-corrected chi connectivity index (χ1v) is 9.38. The Balaban J connectivity index is 1.47. The van der Waals surface area contributed by atoms with Crippen LogP contribution in [0.2, 0.25) is 0 Å². The fraction of sp³-hybridized carbons (Fsp3) is 0.318. The maximum Gasteiger partial charge on any atom is 0.263 e. The van der Waals surface area contributed by atoms with Crippen LogP contribution in [0.4, 0.5) is 0 Å². The fourth-order valence-electron chi connectivity index (χ4n) is 3.22. The Morgan fingerprint density at radius 3 is 2.36 bits per heavy atom. The summed E-state index contributed by atoms with van der Waals surface area (Å²) >= 11 is 0. The van der Waals surface area contributed by atoms with E-state index in [1.54, 1.807) is 48.2 Å². The van der Waals surface area contributed by atoms with Crippen molar-refractivity contribution in [2.45, 2.75) is 31.9 Å².